The highest BCUT2D eigenvalue weighted by Gasteiger charge is 2.14. The Hall–Kier alpha value is -2.36. The summed E-state index contributed by atoms with van der Waals surface area (Å²) >= 11 is 0. The average Bonchev–Trinajstić information content (AvgIpc) is 2.41. The van der Waals surface area contributed by atoms with Crippen molar-refractivity contribution >= 4 is 17.4 Å². The molecule has 1 amide bonds. The zero-order valence-corrected chi connectivity index (χ0v) is 12.9. The summed E-state index contributed by atoms with van der Waals surface area (Å²) in [5, 5.41) is 2.85. The van der Waals surface area contributed by atoms with E-state index in [4.69, 9.17) is 5.73 Å². The van der Waals surface area contributed by atoms with Gasteiger partial charge in [-0.2, -0.15) is 0 Å². The lowest BCUT2D eigenvalue weighted by atomic mass is 9.87. The largest absolute Gasteiger partial charge is 0.384 e. The van der Waals surface area contributed by atoms with Gasteiger partial charge in [0.15, 0.2) is 0 Å². The van der Waals surface area contributed by atoms with Gasteiger partial charge in [-0.15, -0.1) is 0 Å². The van der Waals surface area contributed by atoms with E-state index < -0.39 is 0 Å². The first-order chi connectivity index (χ1) is 9.77. The molecule has 0 unspecified atom stereocenters. The highest BCUT2D eigenvalue weighted by Crippen LogP contribution is 2.22. The molecule has 3 N–H and O–H groups in total. The molecule has 1 heterocycles. The summed E-state index contributed by atoms with van der Waals surface area (Å²) in [7, 11) is 0. The van der Waals surface area contributed by atoms with Crippen LogP contribution in [-0.2, 0) is 5.41 Å². The van der Waals surface area contributed by atoms with Crippen LogP contribution in [0.2, 0.25) is 0 Å². The molecule has 2 aromatic rings. The smallest absolute Gasteiger partial charge is 0.255 e. The summed E-state index contributed by atoms with van der Waals surface area (Å²) in [5.74, 6) is 0.296. The van der Waals surface area contributed by atoms with E-state index in [-0.39, 0.29) is 11.3 Å². The molecule has 2 rings (SSSR count). The fraction of sp³-hybridized carbons (Fsp3) is 0.294. The Morgan fingerprint density at radius 3 is 2.24 bits per heavy atom. The summed E-state index contributed by atoms with van der Waals surface area (Å²) in [4.78, 5) is 16.4. The van der Waals surface area contributed by atoms with Crippen LogP contribution in [0, 0.1) is 6.92 Å². The lowest BCUT2D eigenvalue weighted by molar-refractivity contribution is 0.102. The first-order valence-electron chi connectivity index (χ1n) is 6.92. The number of pyridine rings is 1. The van der Waals surface area contributed by atoms with Crippen LogP contribution in [0.3, 0.4) is 0 Å². The summed E-state index contributed by atoms with van der Waals surface area (Å²) in [6.45, 7) is 8.25. The number of nitrogens with two attached hydrogens (primary N) is 1. The Labute approximate surface area is 125 Å². The highest BCUT2D eigenvalue weighted by atomic mass is 16.1. The standard InChI is InChI=1S/C17H21N3O/c1-11-14(9-10-15(18)19-11)20-16(21)12-5-7-13(8-6-12)17(2,3)4/h5-10H,1-4H3,(H2,18,19)(H,20,21). The van der Waals surface area contributed by atoms with Gasteiger partial charge >= 0.3 is 0 Å². The van der Waals surface area contributed by atoms with Crippen molar-refractivity contribution in [2.24, 2.45) is 0 Å². The molecule has 110 valence electrons. The molecule has 0 fully saturated rings. The second-order valence-electron chi connectivity index (χ2n) is 6.15. The Balaban J connectivity index is 2.17. The van der Waals surface area contributed by atoms with Crippen LogP contribution in [0.25, 0.3) is 0 Å². The van der Waals surface area contributed by atoms with E-state index in [0.717, 1.165) is 0 Å². The molecule has 4 heteroatoms. The van der Waals surface area contributed by atoms with Crippen LogP contribution in [0.5, 0.6) is 0 Å². The minimum absolute atomic E-state index is 0.0759. The minimum atomic E-state index is -0.148. The Bertz CT molecular complexity index is 655. The van der Waals surface area contributed by atoms with E-state index in [1.807, 2.05) is 31.2 Å². The quantitative estimate of drug-likeness (QED) is 0.886. The Morgan fingerprint density at radius 2 is 1.71 bits per heavy atom. The molecule has 0 bridgehead atoms. The molecule has 0 radical (unpaired) electrons. The fourth-order valence-electron chi connectivity index (χ4n) is 2.03. The number of nitrogens with zero attached hydrogens (tertiary/aromatic N) is 1. The van der Waals surface area contributed by atoms with E-state index in [9.17, 15) is 4.79 Å². The predicted octanol–water partition coefficient (Wildman–Crippen LogP) is 3.52. The number of aryl methyl sites for hydroxylation is 1. The van der Waals surface area contributed by atoms with E-state index in [1.54, 1.807) is 12.1 Å². The third-order valence-electron chi connectivity index (χ3n) is 3.37. The van der Waals surface area contributed by atoms with Crippen molar-refractivity contribution in [2.45, 2.75) is 33.1 Å². The fourth-order valence-corrected chi connectivity index (χ4v) is 2.03. The summed E-state index contributed by atoms with van der Waals surface area (Å²) in [6, 6.07) is 11.1. The average molecular weight is 283 g/mol. The van der Waals surface area contributed by atoms with Gasteiger partial charge < -0.3 is 11.1 Å². The number of hydrogen-bond donors (Lipinski definition) is 2. The zero-order chi connectivity index (χ0) is 15.6. The molecular formula is C17H21N3O. The third-order valence-corrected chi connectivity index (χ3v) is 3.37. The van der Waals surface area contributed by atoms with Gasteiger partial charge in [0.2, 0.25) is 0 Å². The summed E-state index contributed by atoms with van der Waals surface area (Å²) in [5.41, 5.74) is 8.88. The van der Waals surface area contributed by atoms with Gasteiger partial charge in [-0.1, -0.05) is 32.9 Å². The topological polar surface area (TPSA) is 68.0 Å². The minimum Gasteiger partial charge on any atom is -0.384 e. The first kappa shape index (κ1) is 15.0. The maximum Gasteiger partial charge on any atom is 0.255 e. The van der Waals surface area contributed by atoms with E-state index in [1.165, 1.54) is 5.56 Å². The summed E-state index contributed by atoms with van der Waals surface area (Å²) in [6.07, 6.45) is 0. The lowest BCUT2D eigenvalue weighted by Gasteiger charge is -2.19. The second kappa shape index (κ2) is 5.56. The predicted molar refractivity (Wildman–Crippen MR) is 86.5 cm³/mol. The van der Waals surface area contributed by atoms with Crippen LogP contribution >= 0.6 is 0 Å². The number of rotatable bonds is 2. The Kier molecular flexibility index (Phi) is 3.98. The monoisotopic (exact) mass is 283 g/mol. The van der Waals surface area contributed by atoms with Gasteiger partial charge in [-0.25, -0.2) is 4.98 Å². The van der Waals surface area contributed by atoms with Gasteiger partial charge in [0.1, 0.15) is 5.82 Å². The van der Waals surface area contributed by atoms with Crippen LogP contribution in [-0.4, -0.2) is 10.9 Å². The van der Waals surface area contributed by atoms with Crippen molar-refractivity contribution in [3.8, 4) is 0 Å². The maximum absolute atomic E-state index is 12.2. The van der Waals surface area contributed by atoms with Crippen molar-refractivity contribution in [1.82, 2.24) is 4.98 Å². The Morgan fingerprint density at radius 1 is 1.10 bits per heavy atom. The number of nitrogen functional groups attached to an aromatic ring is 1. The van der Waals surface area contributed by atoms with Crippen molar-refractivity contribution in [3.63, 3.8) is 0 Å². The molecule has 0 saturated carbocycles. The van der Waals surface area contributed by atoms with Crippen molar-refractivity contribution in [3.05, 3.63) is 53.2 Å². The zero-order valence-electron chi connectivity index (χ0n) is 12.9. The van der Waals surface area contributed by atoms with E-state index in [2.05, 4.69) is 31.1 Å². The van der Waals surface area contributed by atoms with Gasteiger partial charge in [0.25, 0.3) is 5.91 Å². The lowest BCUT2D eigenvalue weighted by Crippen LogP contribution is -2.15. The van der Waals surface area contributed by atoms with Crippen LogP contribution < -0.4 is 11.1 Å². The van der Waals surface area contributed by atoms with Crippen molar-refractivity contribution in [2.75, 3.05) is 11.1 Å². The molecule has 0 spiro atoms. The maximum atomic E-state index is 12.2. The van der Waals surface area contributed by atoms with Gasteiger partial charge in [0, 0.05) is 5.56 Å². The SMILES string of the molecule is Cc1nc(N)ccc1NC(=O)c1ccc(C(C)(C)C)cc1. The number of carbonyl (C=O) groups is 1. The molecule has 1 aromatic heterocycles. The molecule has 0 aliphatic carbocycles. The molecule has 0 aliphatic heterocycles. The van der Waals surface area contributed by atoms with Crippen molar-refractivity contribution < 1.29 is 4.79 Å². The molecule has 0 atom stereocenters. The van der Waals surface area contributed by atoms with Crippen LogP contribution in [0.15, 0.2) is 36.4 Å². The van der Waals surface area contributed by atoms with E-state index in [0.29, 0.717) is 22.8 Å². The molecule has 4 nitrogen and oxygen atoms in total. The molecule has 1 aromatic carbocycles. The molecule has 21 heavy (non-hydrogen) atoms. The number of benzene rings is 1. The number of aromatic nitrogens is 1. The molecule has 0 saturated heterocycles. The summed E-state index contributed by atoms with van der Waals surface area (Å²) < 4.78 is 0. The van der Waals surface area contributed by atoms with Crippen LogP contribution in [0.4, 0.5) is 11.5 Å². The number of carbonyl (C=O) groups excluding carboxylic acids is 1. The molecule has 0 aliphatic rings. The van der Waals surface area contributed by atoms with Gasteiger partial charge in [0.05, 0.1) is 11.4 Å². The number of anilines is 2. The van der Waals surface area contributed by atoms with Crippen molar-refractivity contribution in [1.29, 1.82) is 0 Å². The van der Waals surface area contributed by atoms with E-state index >= 15 is 0 Å². The first-order valence-corrected chi connectivity index (χ1v) is 6.92. The number of nitrogens with one attached hydrogen (secondary N) is 1. The van der Waals surface area contributed by atoms with Gasteiger partial charge in [-0.05, 0) is 42.2 Å². The normalized spacial score (nSPS) is 11.2. The molecular weight excluding hydrogens is 262 g/mol. The van der Waals surface area contributed by atoms with Crippen LogP contribution in [0.1, 0.15) is 42.4 Å². The van der Waals surface area contributed by atoms with Gasteiger partial charge in [-0.3, -0.25) is 4.79 Å². The number of hydrogen-bond acceptors (Lipinski definition) is 3. The highest BCUT2D eigenvalue weighted by molar-refractivity contribution is 6.04. The number of amides is 1. The second-order valence-corrected chi connectivity index (χ2v) is 6.15. The third kappa shape index (κ3) is 3.60.